The zero-order valence-electron chi connectivity index (χ0n) is 18.4. The third-order valence-electron chi connectivity index (χ3n) is 5.27. The molecule has 1 heterocycles. The summed E-state index contributed by atoms with van der Waals surface area (Å²) < 4.78 is 16.0. The molecule has 3 aromatic rings. The van der Waals surface area contributed by atoms with Gasteiger partial charge >= 0.3 is 0 Å². The quantitative estimate of drug-likeness (QED) is 0.557. The lowest BCUT2D eigenvalue weighted by Gasteiger charge is -2.16. The van der Waals surface area contributed by atoms with E-state index in [1.165, 1.54) is 21.3 Å². The summed E-state index contributed by atoms with van der Waals surface area (Å²) in [6.45, 7) is 0. The molecule has 0 radical (unpaired) electrons. The van der Waals surface area contributed by atoms with E-state index in [1.54, 1.807) is 60.7 Å². The van der Waals surface area contributed by atoms with Crippen LogP contribution in [0.25, 0.3) is 0 Å². The zero-order valence-corrected chi connectivity index (χ0v) is 18.4. The molecular formula is C25H22N2O6. The third kappa shape index (κ3) is 4.10. The van der Waals surface area contributed by atoms with Gasteiger partial charge in [-0.1, -0.05) is 18.2 Å². The first kappa shape index (κ1) is 21.9. The van der Waals surface area contributed by atoms with Crippen LogP contribution >= 0.6 is 0 Å². The number of rotatable bonds is 7. The molecule has 1 aliphatic rings. The van der Waals surface area contributed by atoms with Crippen LogP contribution in [0, 0.1) is 0 Å². The summed E-state index contributed by atoms with van der Waals surface area (Å²) in [6, 6.07) is 16.7. The van der Waals surface area contributed by atoms with Gasteiger partial charge in [0.2, 0.25) is 11.7 Å². The van der Waals surface area contributed by atoms with E-state index in [1.807, 2.05) is 0 Å². The fourth-order valence-electron chi connectivity index (χ4n) is 3.77. The topological polar surface area (TPSA) is 94.2 Å². The molecular weight excluding hydrogens is 424 g/mol. The van der Waals surface area contributed by atoms with Gasteiger partial charge in [-0.05, 0) is 48.0 Å². The first-order chi connectivity index (χ1) is 16.0. The molecule has 0 fully saturated rings. The van der Waals surface area contributed by atoms with Crippen LogP contribution in [-0.4, -0.2) is 39.1 Å². The second-order valence-corrected chi connectivity index (χ2v) is 7.30. The van der Waals surface area contributed by atoms with Crippen molar-refractivity contribution in [3.63, 3.8) is 0 Å². The van der Waals surface area contributed by atoms with Gasteiger partial charge in [-0.2, -0.15) is 0 Å². The Morgan fingerprint density at radius 2 is 1.42 bits per heavy atom. The monoisotopic (exact) mass is 446 g/mol. The smallest absolute Gasteiger partial charge is 0.266 e. The lowest BCUT2D eigenvalue weighted by atomic mass is 10.1. The van der Waals surface area contributed by atoms with Crippen LogP contribution in [0.4, 0.5) is 11.4 Å². The van der Waals surface area contributed by atoms with Crippen molar-refractivity contribution in [1.82, 2.24) is 0 Å². The average molecular weight is 446 g/mol. The van der Waals surface area contributed by atoms with Gasteiger partial charge in [-0.15, -0.1) is 0 Å². The van der Waals surface area contributed by atoms with Gasteiger partial charge in [-0.25, -0.2) is 4.90 Å². The number of fused-ring (bicyclic) bond motifs is 1. The van der Waals surface area contributed by atoms with E-state index in [-0.39, 0.29) is 12.3 Å². The van der Waals surface area contributed by atoms with Crippen molar-refractivity contribution in [1.29, 1.82) is 0 Å². The summed E-state index contributed by atoms with van der Waals surface area (Å²) in [5.74, 6) is 0.272. The Morgan fingerprint density at radius 1 is 0.818 bits per heavy atom. The number of carbonyl (C=O) groups is 3. The maximum Gasteiger partial charge on any atom is 0.266 e. The van der Waals surface area contributed by atoms with Crippen LogP contribution < -0.4 is 24.4 Å². The van der Waals surface area contributed by atoms with Crippen LogP contribution in [0.3, 0.4) is 0 Å². The highest BCUT2D eigenvalue weighted by Gasteiger charge is 2.36. The highest BCUT2D eigenvalue weighted by molar-refractivity contribution is 6.34. The SMILES string of the molecule is COc1cc(CC(=O)Nc2cccc(N3C(=O)c4ccccc4C3=O)c2)cc(OC)c1OC. The standard InChI is InChI=1S/C25H22N2O6/c1-31-20-11-15(12-21(32-2)23(20)33-3)13-22(28)26-16-7-6-8-17(14-16)27-24(29)18-9-4-5-10-19(18)25(27)30/h4-12,14H,13H2,1-3H3,(H,26,28). The minimum absolute atomic E-state index is 0.0496. The van der Waals surface area contributed by atoms with E-state index in [2.05, 4.69) is 5.32 Å². The first-order valence-corrected chi connectivity index (χ1v) is 10.1. The molecule has 3 amide bonds. The maximum absolute atomic E-state index is 12.7. The fraction of sp³-hybridized carbons (Fsp3) is 0.160. The minimum Gasteiger partial charge on any atom is -0.493 e. The van der Waals surface area contributed by atoms with Gasteiger partial charge in [0.05, 0.1) is 44.6 Å². The molecule has 8 heteroatoms. The number of hydrogen-bond donors (Lipinski definition) is 1. The zero-order chi connectivity index (χ0) is 23.5. The molecule has 0 aliphatic carbocycles. The average Bonchev–Trinajstić information content (AvgIpc) is 3.08. The first-order valence-electron chi connectivity index (χ1n) is 10.1. The second kappa shape index (κ2) is 9.04. The molecule has 0 saturated carbocycles. The summed E-state index contributed by atoms with van der Waals surface area (Å²) >= 11 is 0. The van der Waals surface area contributed by atoms with Crippen molar-refractivity contribution in [2.45, 2.75) is 6.42 Å². The lowest BCUT2D eigenvalue weighted by molar-refractivity contribution is -0.115. The van der Waals surface area contributed by atoms with Crippen molar-refractivity contribution in [2.75, 3.05) is 31.5 Å². The van der Waals surface area contributed by atoms with Gasteiger partial charge in [0.1, 0.15) is 0 Å². The number of carbonyl (C=O) groups excluding carboxylic acids is 3. The molecule has 168 valence electrons. The number of hydrogen-bond acceptors (Lipinski definition) is 6. The Morgan fingerprint density at radius 3 is 1.97 bits per heavy atom. The van der Waals surface area contributed by atoms with Gasteiger partial charge in [0.25, 0.3) is 11.8 Å². The van der Waals surface area contributed by atoms with E-state index in [0.29, 0.717) is 45.3 Å². The van der Waals surface area contributed by atoms with Gasteiger partial charge in [0.15, 0.2) is 11.5 Å². The largest absolute Gasteiger partial charge is 0.493 e. The Labute approximate surface area is 190 Å². The molecule has 0 atom stereocenters. The molecule has 0 saturated heterocycles. The normalized spacial score (nSPS) is 12.4. The summed E-state index contributed by atoms with van der Waals surface area (Å²) in [7, 11) is 4.52. The van der Waals surface area contributed by atoms with Crippen LogP contribution in [-0.2, 0) is 11.2 Å². The van der Waals surface area contributed by atoms with Crippen molar-refractivity contribution in [3.8, 4) is 17.2 Å². The molecule has 3 aromatic carbocycles. The summed E-state index contributed by atoms with van der Waals surface area (Å²) in [6.07, 6.45) is 0.0496. The van der Waals surface area contributed by atoms with E-state index < -0.39 is 11.8 Å². The Kier molecular flexibility index (Phi) is 5.99. The molecule has 1 N–H and O–H groups in total. The molecule has 0 unspecified atom stereocenters. The molecule has 1 aliphatic heterocycles. The van der Waals surface area contributed by atoms with E-state index >= 15 is 0 Å². The van der Waals surface area contributed by atoms with Gasteiger partial charge < -0.3 is 19.5 Å². The lowest BCUT2D eigenvalue weighted by Crippen LogP contribution is -2.29. The van der Waals surface area contributed by atoms with E-state index in [0.717, 1.165) is 4.90 Å². The fourth-order valence-corrected chi connectivity index (χ4v) is 3.77. The molecule has 8 nitrogen and oxygen atoms in total. The molecule has 33 heavy (non-hydrogen) atoms. The number of methoxy groups -OCH3 is 3. The summed E-state index contributed by atoms with van der Waals surface area (Å²) in [4.78, 5) is 39.3. The Hall–Kier alpha value is -4.33. The Balaban J connectivity index is 1.52. The number of amides is 3. The van der Waals surface area contributed by atoms with E-state index in [4.69, 9.17) is 14.2 Å². The number of nitrogens with one attached hydrogen (secondary N) is 1. The highest BCUT2D eigenvalue weighted by Crippen LogP contribution is 2.38. The third-order valence-corrected chi connectivity index (χ3v) is 5.27. The van der Waals surface area contributed by atoms with Crippen LogP contribution in [0.15, 0.2) is 60.7 Å². The van der Waals surface area contributed by atoms with E-state index in [9.17, 15) is 14.4 Å². The van der Waals surface area contributed by atoms with Crippen molar-refractivity contribution in [3.05, 3.63) is 77.4 Å². The maximum atomic E-state index is 12.7. The van der Waals surface area contributed by atoms with Crippen molar-refractivity contribution < 1.29 is 28.6 Å². The predicted octanol–water partition coefficient (Wildman–Crippen LogP) is 3.69. The molecule has 0 spiro atoms. The number of nitrogens with zero attached hydrogens (tertiary/aromatic N) is 1. The number of ether oxygens (including phenoxy) is 3. The van der Waals surface area contributed by atoms with Gasteiger partial charge in [0, 0.05) is 5.69 Å². The number of benzene rings is 3. The molecule has 4 rings (SSSR count). The van der Waals surface area contributed by atoms with Crippen molar-refractivity contribution >= 4 is 29.1 Å². The summed E-state index contributed by atoms with van der Waals surface area (Å²) in [5, 5.41) is 2.81. The number of imide groups is 1. The second-order valence-electron chi connectivity index (χ2n) is 7.30. The Bertz CT molecular complexity index is 1190. The number of anilines is 2. The van der Waals surface area contributed by atoms with Crippen molar-refractivity contribution in [2.24, 2.45) is 0 Å². The predicted molar refractivity (Wildman–Crippen MR) is 122 cm³/mol. The van der Waals surface area contributed by atoms with Gasteiger partial charge in [-0.3, -0.25) is 14.4 Å². The molecule has 0 bridgehead atoms. The molecule has 0 aromatic heterocycles. The highest BCUT2D eigenvalue weighted by atomic mass is 16.5. The van der Waals surface area contributed by atoms with Crippen LogP contribution in [0.5, 0.6) is 17.2 Å². The van der Waals surface area contributed by atoms with Crippen LogP contribution in [0.1, 0.15) is 26.3 Å². The van der Waals surface area contributed by atoms with Crippen LogP contribution in [0.2, 0.25) is 0 Å². The summed E-state index contributed by atoms with van der Waals surface area (Å²) in [5.41, 5.74) is 2.23. The minimum atomic E-state index is -0.392.